The molecule has 1 heterocycles. The molecule has 0 unspecified atom stereocenters. The van der Waals surface area contributed by atoms with E-state index in [0.717, 1.165) is 0 Å². The van der Waals surface area contributed by atoms with Crippen molar-refractivity contribution in [2.45, 2.75) is 18.6 Å². The quantitative estimate of drug-likeness (QED) is 0.594. The first-order valence-corrected chi connectivity index (χ1v) is 3.21. The van der Waals surface area contributed by atoms with Gasteiger partial charge in [0.25, 0.3) is 0 Å². The SMILES string of the molecule is COC(=O)[C@@H]1NCC[C@H]1F.Cl. The lowest BCUT2D eigenvalue weighted by Gasteiger charge is -2.08. The summed E-state index contributed by atoms with van der Waals surface area (Å²) in [5, 5.41) is 2.71. The first kappa shape index (κ1) is 10.7. The highest BCUT2D eigenvalue weighted by Gasteiger charge is 2.33. The fraction of sp³-hybridized carbons (Fsp3) is 0.833. The smallest absolute Gasteiger partial charge is 0.325 e. The standard InChI is InChI=1S/C6H10FNO2.ClH/c1-10-6(9)5-4(7)2-3-8-5;/h4-5,8H,2-3H2,1H3;1H/t4-,5-;/m1./s1. The first-order valence-electron chi connectivity index (χ1n) is 3.21. The molecule has 1 aliphatic heterocycles. The molecule has 3 nitrogen and oxygen atoms in total. The molecule has 0 bridgehead atoms. The molecule has 66 valence electrons. The molecule has 1 N–H and O–H groups in total. The number of carbonyl (C=O) groups excluding carboxylic acids is 1. The van der Waals surface area contributed by atoms with Gasteiger partial charge in [0.15, 0.2) is 0 Å². The summed E-state index contributed by atoms with van der Waals surface area (Å²) in [6.07, 6.45) is -0.674. The van der Waals surface area contributed by atoms with Gasteiger partial charge in [0.05, 0.1) is 7.11 Å². The fourth-order valence-corrected chi connectivity index (χ4v) is 1.03. The zero-order chi connectivity index (χ0) is 7.56. The molecule has 5 heteroatoms. The minimum Gasteiger partial charge on any atom is -0.468 e. The number of nitrogens with one attached hydrogen (secondary N) is 1. The van der Waals surface area contributed by atoms with Gasteiger partial charge in [-0.15, -0.1) is 12.4 Å². The lowest BCUT2D eigenvalue weighted by Crippen LogP contribution is -2.37. The van der Waals surface area contributed by atoms with Gasteiger partial charge in [-0.2, -0.15) is 0 Å². The molecule has 0 aromatic carbocycles. The van der Waals surface area contributed by atoms with Gasteiger partial charge in [-0.1, -0.05) is 0 Å². The van der Waals surface area contributed by atoms with Crippen LogP contribution in [0.25, 0.3) is 0 Å². The van der Waals surface area contributed by atoms with Crippen molar-refractivity contribution in [3.8, 4) is 0 Å². The summed E-state index contributed by atoms with van der Waals surface area (Å²) in [7, 11) is 1.26. The van der Waals surface area contributed by atoms with Crippen LogP contribution in [0.1, 0.15) is 6.42 Å². The highest BCUT2D eigenvalue weighted by Crippen LogP contribution is 2.11. The van der Waals surface area contributed by atoms with Crippen LogP contribution in [-0.2, 0) is 9.53 Å². The third-order valence-corrected chi connectivity index (χ3v) is 1.60. The van der Waals surface area contributed by atoms with E-state index in [4.69, 9.17) is 0 Å². The van der Waals surface area contributed by atoms with Crippen molar-refractivity contribution in [1.29, 1.82) is 0 Å². The summed E-state index contributed by atoms with van der Waals surface area (Å²) < 4.78 is 17.0. The van der Waals surface area contributed by atoms with E-state index in [-0.39, 0.29) is 12.4 Å². The number of methoxy groups -OCH3 is 1. The highest BCUT2D eigenvalue weighted by molar-refractivity contribution is 5.85. The average Bonchev–Trinajstić information content (AvgIpc) is 2.34. The normalized spacial score (nSPS) is 29.3. The Bertz CT molecular complexity index is 145. The lowest BCUT2D eigenvalue weighted by atomic mass is 10.2. The van der Waals surface area contributed by atoms with Gasteiger partial charge in [-0.3, -0.25) is 4.79 Å². The van der Waals surface area contributed by atoms with E-state index in [1.54, 1.807) is 0 Å². The molecule has 0 amide bonds. The number of hydrogen-bond acceptors (Lipinski definition) is 3. The monoisotopic (exact) mass is 183 g/mol. The summed E-state index contributed by atoms with van der Waals surface area (Å²) in [5.74, 6) is -0.509. The van der Waals surface area contributed by atoms with Crippen LogP contribution >= 0.6 is 12.4 Å². The van der Waals surface area contributed by atoms with Gasteiger partial charge < -0.3 is 10.1 Å². The number of carbonyl (C=O) groups is 1. The maximum Gasteiger partial charge on any atom is 0.325 e. The maximum atomic E-state index is 12.7. The topological polar surface area (TPSA) is 38.3 Å². The summed E-state index contributed by atoms with van der Waals surface area (Å²) >= 11 is 0. The van der Waals surface area contributed by atoms with Crippen molar-refractivity contribution in [3.63, 3.8) is 0 Å². The van der Waals surface area contributed by atoms with E-state index >= 15 is 0 Å². The van der Waals surface area contributed by atoms with Crippen molar-refractivity contribution in [1.82, 2.24) is 5.32 Å². The highest BCUT2D eigenvalue weighted by atomic mass is 35.5. The second-order valence-corrected chi connectivity index (χ2v) is 2.26. The molecule has 0 aromatic heterocycles. The molecule has 1 rings (SSSR count). The third kappa shape index (κ3) is 2.31. The maximum absolute atomic E-state index is 12.7. The molecule has 1 aliphatic rings. The van der Waals surface area contributed by atoms with Crippen LogP contribution in [-0.4, -0.2) is 31.8 Å². The number of ether oxygens (including phenoxy) is 1. The molecule has 1 saturated heterocycles. The largest absolute Gasteiger partial charge is 0.468 e. The Kier molecular flexibility index (Phi) is 4.37. The van der Waals surface area contributed by atoms with Crippen molar-refractivity contribution < 1.29 is 13.9 Å². The Labute approximate surface area is 70.7 Å². The van der Waals surface area contributed by atoms with Gasteiger partial charge in [0.1, 0.15) is 12.2 Å². The van der Waals surface area contributed by atoms with Gasteiger partial charge >= 0.3 is 5.97 Å². The predicted octanol–water partition coefficient (Wildman–Crippen LogP) is 0.281. The second-order valence-electron chi connectivity index (χ2n) is 2.26. The fourth-order valence-electron chi connectivity index (χ4n) is 1.03. The molecule has 0 saturated carbocycles. The van der Waals surface area contributed by atoms with E-state index in [1.807, 2.05) is 0 Å². The van der Waals surface area contributed by atoms with Gasteiger partial charge in [0.2, 0.25) is 0 Å². The predicted molar refractivity (Wildman–Crippen MR) is 40.6 cm³/mol. The molecule has 0 aliphatic carbocycles. The summed E-state index contributed by atoms with van der Waals surface area (Å²) in [6.45, 7) is 0.556. The van der Waals surface area contributed by atoms with E-state index in [2.05, 4.69) is 10.1 Å². The minimum absolute atomic E-state index is 0. The van der Waals surface area contributed by atoms with Crippen LogP contribution in [0.5, 0.6) is 0 Å². The van der Waals surface area contributed by atoms with E-state index in [1.165, 1.54) is 7.11 Å². The first-order chi connectivity index (χ1) is 4.75. The Morgan fingerprint density at radius 3 is 2.73 bits per heavy atom. The van der Waals surface area contributed by atoms with Gasteiger partial charge in [0, 0.05) is 0 Å². The Hall–Kier alpha value is -0.350. The summed E-state index contributed by atoms with van der Waals surface area (Å²) in [6, 6.07) is -0.731. The minimum atomic E-state index is -1.08. The van der Waals surface area contributed by atoms with Crippen LogP contribution in [0.2, 0.25) is 0 Å². The number of esters is 1. The molecule has 0 radical (unpaired) electrons. The van der Waals surface area contributed by atoms with Crippen molar-refractivity contribution in [2.24, 2.45) is 0 Å². The molecular formula is C6H11ClFNO2. The van der Waals surface area contributed by atoms with Crippen LogP contribution in [0.3, 0.4) is 0 Å². The molecule has 0 spiro atoms. The zero-order valence-corrected chi connectivity index (χ0v) is 6.99. The molecule has 0 aromatic rings. The average molecular weight is 184 g/mol. The Morgan fingerprint density at radius 1 is 1.73 bits per heavy atom. The number of alkyl halides is 1. The van der Waals surface area contributed by atoms with Crippen molar-refractivity contribution >= 4 is 18.4 Å². The lowest BCUT2D eigenvalue weighted by molar-refractivity contribution is -0.143. The summed E-state index contributed by atoms with van der Waals surface area (Å²) in [4.78, 5) is 10.7. The summed E-state index contributed by atoms with van der Waals surface area (Å²) in [5.41, 5.74) is 0. The van der Waals surface area contributed by atoms with Crippen LogP contribution < -0.4 is 5.32 Å². The van der Waals surface area contributed by atoms with E-state index < -0.39 is 18.2 Å². The Morgan fingerprint density at radius 2 is 2.36 bits per heavy atom. The van der Waals surface area contributed by atoms with Gasteiger partial charge in [-0.25, -0.2) is 4.39 Å². The van der Waals surface area contributed by atoms with Crippen LogP contribution in [0.4, 0.5) is 4.39 Å². The number of rotatable bonds is 1. The second kappa shape index (κ2) is 4.51. The zero-order valence-electron chi connectivity index (χ0n) is 6.17. The number of halogens is 2. The molecular weight excluding hydrogens is 173 g/mol. The van der Waals surface area contributed by atoms with E-state index in [9.17, 15) is 9.18 Å². The van der Waals surface area contributed by atoms with Crippen molar-refractivity contribution in [3.05, 3.63) is 0 Å². The third-order valence-electron chi connectivity index (χ3n) is 1.60. The van der Waals surface area contributed by atoms with E-state index in [0.29, 0.717) is 13.0 Å². The molecule has 11 heavy (non-hydrogen) atoms. The molecule has 2 atom stereocenters. The van der Waals surface area contributed by atoms with Crippen molar-refractivity contribution in [2.75, 3.05) is 13.7 Å². The van der Waals surface area contributed by atoms with Crippen LogP contribution in [0.15, 0.2) is 0 Å². The van der Waals surface area contributed by atoms with Crippen LogP contribution in [0, 0.1) is 0 Å². The van der Waals surface area contributed by atoms with Gasteiger partial charge in [-0.05, 0) is 13.0 Å². The molecule has 1 fully saturated rings. The Balaban J connectivity index is 0.000001000. The number of hydrogen-bond donors (Lipinski definition) is 1.